The number of rotatable bonds is 4. The van der Waals surface area contributed by atoms with E-state index in [0.717, 1.165) is 0 Å². The van der Waals surface area contributed by atoms with E-state index in [1.54, 1.807) is 24.3 Å². The third-order valence-electron chi connectivity index (χ3n) is 1.43. The minimum absolute atomic E-state index is 0.0439. The monoisotopic (exact) mass is 196 g/mol. The second-order valence-electron chi connectivity index (χ2n) is 2.64. The zero-order valence-corrected chi connectivity index (χ0v) is 7.90. The summed E-state index contributed by atoms with van der Waals surface area (Å²) in [7, 11) is 0. The second kappa shape index (κ2) is 5.24. The normalized spacial score (nSPS) is 9.57. The van der Waals surface area contributed by atoms with Gasteiger partial charge in [0.15, 0.2) is 0 Å². The molecule has 4 nitrogen and oxygen atoms in total. The molecule has 0 saturated carbocycles. The first-order valence-corrected chi connectivity index (χ1v) is 4.24. The molecule has 76 valence electrons. The highest BCUT2D eigenvalue weighted by atomic mass is 16.5. The molecule has 4 heteroatoms. The molecule has 0 amide bonds. The van der Waals surface area contributed by atoms with Gasteiger partial charge >= 0.3 is 5.97 Å². The van der Waals surface area contributed by atoms with Gasteiger partial charge in [-0.2, -0.15) is 0 Å². The summed E-state index contributed by atoms with van der Waals surface area (Å²) in [5, 5.41) is 8.53. The number of ether oxygens (including phenoxy) is 2. The Labute approximate surface area is 82.1 Å². The third kappa shape index (κ3) is 3.45. The van der Waals surface area contributed by atoms with Crippen molar-refractivity contribution in [1.82, 2.24) is 0 Å². The van der Waals surface area contributed by atoms with Crippen molar-refractivity contribution in [3.8, 4) is 11.5 Å². The fraction of sp³-hybridized carbons (Fsp3) is 0.300. The molecule has 0 atom stereocenters. The maximum absolute atomic E-state index is 10.6. The maximum atomic E-state index is 10.6. The van der Waals surface area contributed by atoms with E-state index in [1.807, 2.05) is 0 Å². The first-order chi connectivity index (χ1) is 6.72. The van der Waals surface area contributed by atoms with Gasteiger partial charge in [-0.3, -0.25) is 4.79 Å². The summed E-state index contributed by atoms with van der Waals surface area (Å²) in [6.07, 6.45) is 0. The first-order valence-electron chi connectivity index (χ1n) is 4.24. The van der Waals surface area contributed by atoms with Crippen LogP contribution in [0.2, 0.25) is 0 Å². The Balaban J connectivity index is 2.63. The van der Waals surface area contributed by atoms with Gasteiger partial charge in [0.1, 0.15) is 18.1 Å². The van der Waals surface area contributed by atoms with Crippen LogP contribution in [0.15, 0.2) is 24.3 Å². The fourth-order valence-electron chi connectivity index (χ4n) is 0.957. The van der Waals surface area contributed by atoms with Crippen LogP contribution in [0.5, 0.6) is 11.5 Å². The van der Waals surface area contributed by atoms with Crippen molar-refractivity contribution >= 4 is 5.97 Å². The van der Waals surface area contributed by atoms with Crippen molar-refractivity contribution in [1.29, 1.82) is 0 Å². The number of hydrogen-bond acceptors (Lipinski definition) is 4. The molecule has 1 N–H and O–H groups in total. The van der Waals surface area contributed by atoms with E-state index in [2.05, 4.69) is 0 Å². The van der Waals surface area contributed by atoms with Crippen LogP contribution in [0, 0.1) is 0 Å². The molecule has 1 aromatic rings. The zero-order chi connectivity index (χ0) is 10.4. The number of carbonyl (C=O) groups excluding carboxylic acids is 1. The molecule has 0 spiro atoms. The molecule has 0 saturated heterocycles. The number of esters is 1. The smallest absolute Gasteiger partial charge is 0.308 e. The van der Waals surface area contributed by atoms with Crippen LogP contribution in [0.25, 0.3) is 0 Å². The lowest BCUT2D eigenvalue weighted by molar-refractivity contribution is -0.131. The minimum atomic E-state index is -0.371. The molecule has 0 fully saturated rings. The fourth-order valence-corrected chi connectivity index (χ4v) is 0.957. The first kappa shape index (κ1) is 10.5. The van der Waals surface area contributed by atoms with Crippen molar-refractivity contribution in [3.63, 3.8) is 0 Å². The van der Waals surface area contributed by atoms with Crippen molar-refractivity contribution in [2.45, 2.75) is 6.92 Å². The van der Waals surface area contributed by atoms with Gasteiger partial charge in [-0.05, 0) is 12.1 Å². The highest BCUT2D eigenvalue weighted by Gasteiger charge is 1.99. The van der Waals surface area contributed by atoms with E-state index in [0.29, 0.717) is 11.5 Å². The SMILES string of the molecule is CC(=O)Oc1cccc(OCCO)c1. The van der Waals surface area contributed by atoms with Gasteiger partial charge in [0.05, 0.1) is 6.61 Å². The van der Waals surface area contributed by atoms with Crippen LogP contribution in [0.4, 0.5) is 0 Å². The average molecular weight is 196 g/mol. The van der Waals surface area contributed by atoms with Gasteiger partial charge in [0.2, 0.25) is 0 Å². The van der Waals surface area contributed by atoms with E-state index in [4.69, 9.17) is 14.6 Å². The molecule has 0 aromatic heterocycles. The Hall–Kier alpha value is -1.55. The predicted octanol–water partition coefficient (Wildman–Crippen LogP) is 0.983. The molecule has 0 radical (unpaired) electrons. The van der Waals surface area contributed by atoms with E-state index in [9.17, 15) is 4.79 Å². The highest BCUT2D eigenvalue weighted by Crippen LogP contribution is 2.19. The number of hydrogen-bond donors (Lipinski definition) is 1. The summed E-state index contributed by atoms with van der Waals surface area (Å²) in [4.78, 5) is 10.6. The van der Waals surface area contributed by atoms with Gasteiger partial charge in [-0.25, -0.2) is 0 Å². The highest BCUT2D eigenvalue weighted by molar-refractivity contribution is 5.69. The van der Waals surface area contributed by atoms with E-state index in [1.165, 1.54) is 6.92 Å². The predicted molar refractivity (Wildman–Crippen MR) is 50.3 cm³/mol. The summed E-state index contributed by atoms with van der Waals surface area (Å²) in [5.74, 6) is 0.634. The lowest BCUT2D eigenvalue weighted by atomic mass is 10.3. The van der Waals surface area contributed by atoms with Crippen molar-refractivity contribution in [3.05, 3.63) is 24.3 Å². The average Bonchev–Trinajstić information content (AvgIpc) is 2.14. The Morgan fingerprint density at radius 1 is 1.43 bits per heavy atom. The molecule has 0 aliphatic rings. The second-order valence-corrected chi connectivity index (χ2v) is 2.64. The Bertz CT molecular complexity index is 309. The van der Waals surface area contributed by atoms with Crippen LogP contribution in [-0.4, -0.2) is 24.3 Å². The topological polar surface area (TPSA) is 55.8 Å². The zero-order valence-electron chi connectivity index (χ0n) is 7.90. The molecule has 1 rings (SSSR count). The van der Waals surface area contributed by atoms with Gasteiger partial charge in [-0.1, -0.05) is 6.07 Å². The number of benzene rings is 1. The van der Waals surface area contributed by atoms with Gasteiger partial charge in [0, 0.05) is 13.0 Å². The summed E-state index contributed by atoms with van der Waals surface area (Å²) < 4.78 is 9.99. The third-order valence-corrected chi connectivity index (χ3v) is 1.43. The van der Waals surface area contributed by atoms with Gasteiger partial charge in [0.25, 0.3) is 0 Å². The summed E-state index contributed by atoms with van der Waals surface area (Å²) >= 11 is 0. The quantitative estimate of drug-likeness (QED) is 0.576. The molecule has 0 unspecified atom stereocenters. The number of aliphatic hydroxyl groups excluding tert-OH is 1. The molecular weight excluding hydrogens is 184 g/mol. The summed E-state index contributed by atoms with van der Waals surface area (Å²) in [6.45, 7) is 1.52. The molecular formula is C10H12O4. The van der Waals surface area contributed by atoms with Crippen molar-refractivity contribution < 1.29 is 19.4 Å². The molecule has 1 aromatic carbocycles. The Morgan fingerprint density at radius 2 is 2.14 bits per heavy atom. The van der Waals surface area contributed by atoms with Gasteiger partial charge < -0.3 is 14.6 Å². The van der Waals surface area contributed by atoms with Gasteiger partial charge in [-0.15, -0.1) is 0 Å². The number of aliphatic hydroxyl groups is 1. The van der Waals surface area contributed by atoms with E-state index < -0.39 is 0 Å². The van der Waals surface area contributed by atoms with Crippen LogP contribution >= 0.6 is 0 Å². The Morgan fingerprint density at radius 3 is 2.79 bits per heavy atom. The molecule has 0 heterocycles. The van der Waals surface area contributed by atoms with Crippen molar-refractivity contribution in [2.24, 2.45) is 0 Å². The van der Waals surface area contributed by atoms with E-state index >= 15 is 0 Å². The van der Waals surface area contributed by atoms with E-state index in [-0.39, 0.29) is 19.2 Å². The van der Waals surface area contributed by atoms with Crippen LogP contribution in [-0.2, 0) is 4.79 Å². The summed E-state index contributed by atoms with van der Waals surface area (Å²) in [5.41, 5.74) is 0. The van der Waals surface area contributed by atoms with Crippen molar-refractivity contribution in [2.75, 3.05) is 13.2 Å². The molecule has 0 aliphatic carbocycles. The van der Waals surface area contributed by atoms with Crippen LogP contribution < -0.4 is 9.47 Å². The standard InChI is InChI=1S/C10H12O4/c1-8(12)14-10-4-2-3-9(7-10)13-6-5-11/h2-4,7,11H,5-6H2,1H3. The lowest BCUT2D eigenvalue weighted by Gasteiger charge is -2.05. The largest absolute Gasteiger partial charge is 0.491 e. The Kier molecular flexibility index (Phi) is 3.94. The number of carbonyl (C=O) groups is 1. The minimum Gasteiger partial charge on any atom is -0.491 e. The molecule has 14 heavy (non-hydrogen) atoms. The summed E-state index contributed by atoms with van der Waals surface area (Å²) in [6, 6.07) is 6.69. The molecule has 0 bridgehead atoms. The maximum Gasteiger partial charge on any atom is 0.308 e. The lowest BCUT2D eigenvalue weighted by Crippen LogP contribution is -2.03. The molecule has 0 aliphatic heterocycles. The van der Waals surface area contributed by atoms with Crippen LogP contribution in [0.3, 0.4) is 0 Å². The van der Waals surface area contributed by atoms with Crippen LogP contribution in [0.1, 0.15) is 6.92 Å².